The Morgan fingerprint density at radius 3 is 1.75 bits per heavy atom. The van der Waals surface area contributed by atoms with Crippen LogP contribution in [0.5, 0.6) is 11.5 Å². The summed E-state index contributed by atoms with van der Waals surface area (Å²) in [5.41, 5.74) is 3.21. The molecule has 3 heteroatoms. The van der Waals surface area contributed by atoms with Crippen molar-refractivity contribution in [1.82, 2.24) is 0 Å². The molecule has 3 nitrogen and oxygen atoms in total. The van der Waals surface area contributed by atoms with Crippen molar-refractivity contribution in [1.29, 1.82) is 0 Å². The van der Waals surface area contributed by atoms with Gasteiger partial charge in [0.1, 0.15) is 11.5 Å². The van der Waals surface area contributed by atoms with E-state index in [1.807, 2.05) is 30.5 Å². The van der Waals surface area contributed by atoms with Gasteiger partial charge in [-0.05, 0) is 49.6 Å². The van der Waals surface area contributed by atoms with Gasteiger partial charge in [0.2, 0.25) is 0 Å². The second-order valence-corrected chi connectivity index (χ2v) is 6.58. The Morgan fingerprint density at radius 1 is 0.750 bits per heavy atom. The van der Waals surface area contributed by atoms with E-state index in [2.05, 4.69) is 56.1 Å². The molecule has 2 rings (SSSR count). The molecule has 0 aliphatic rings. The molecule has 0 unspecified atom stereocenters. The highest BCUT2D eigenvalue weighted by atomic mass is 16.5. The van der Waals surface area contributed by atoms with Gasteiger partial charge in [0.25, 0.3) is 0 Å². The fourth-order valence-electron chi connectivity index (χ4n) is 2.08. The number of aliphatic imine (C=N–C) groups is 1. The fraction of sp³-hybridized carbons (Fsp3) is 0.286. The maximum atomic E-state index is 5.29. The SMILES string of the molecule is COc1cc(C=Cc2ccc(C=NC(C)(C)C)cc2)cc(OC)c1. The van der Waals surface area contributed by atoms with Crippen LogP contribution < -0.4 is 9.47 Å². The van der Waals surface area contributed by atoms with Crippen molar-refractivity contribution in [3.05, 3.63) is 59.2 Å². The lowest BCUT2D eigenvalue weighted by Gasteiger charge is -2.10. The van der Waals surface area contributed by atoms with Gasteiger partial charge in [-0.3, -0.25) is 4.99 Å². The van der Waals surface area contributed by atoms with Crippen LogP contribution in [-0.4, -0.2) is 26.0 Å². The molecule has 0 aromatic heterocycles. The quantitative estimate of drug-likeness (QED) is 0.567. The minimum atomic E-state index is -0.0516. The molecule has 0 radical (unpaired) electrons. The lowest BCUT2D eigenvalue weighted by molar-refractivity contribution is 0.394. The maximum Gasteiger partial charge on any atom is 0.123 e. The monoisotopic (exact) mass is 323 g/mol. The van der Waals surface area contributed by atoms with Gasteiger partial charge in [-0.25, -0.2) is 0 Å². The van der Waals surface area contributed by atoms with Gasteiger partial charge in [0.05, 0.1) is 19.8 Å². The molecule has 126 valence electrons. The molecule has 0 saturated heterocycles. The molecule has 0 saturated carbocycles. The van der Waals surface area contributed by atoms with Crippen molar-refractivity contribution < 1.29 is 9.47 Å². The van der Waals surface area contributed by atoms with E-state index in [0.717, 1.165) is 28.2 Å². The number of hydrogen-bond acceptors (Lipinski definition) is 3. The van der Waals surface area contributed by atoms with Crippen molar-refractivity contribution >= 4 is 18.4 Å². The summed E-state index contributed by atoms with van der Waals surface area (Å²) in [4.78, 5) is 4.52. The Bertz CT molecular complexity index is 700. The van der Waals surface area contributed by atoms with E-state index in [0.29, 0.717) is 0 Å². The lowest BCUT2D eigenvalue weighted by Crippen LogP contribution is -2.09. The van der Waals surface area contributed by atoms with E-state index in [1.165, 1.54) is 0 Å². The van der Waals surface area contributed by atoms with Crippen LogP contribution in [0.1, 0.15) is 37.5 Å². The standard InChI is InChI=1S/C21H25NO2/c1-21(2,3)22-15-17-9-6-16(7-10-17)8-11-18-12-19(23-4)14-20(13-18)24-5/h6-15H,1-5H3. The summed E-state index contributed by atoms with van der Waals surface area (Å²) in [5, 5.41) is 0. The molecule has 0 spiro atoms. The number of nitrogens with zero attached hydrogens (tertiary/aromatic N) is 1. The molecule has 0 aliphatic carbocycles. The minimum Gasteiger partial charge on any atom is -0.497 e. The zero-order chi connectivity index (χ0) is 17.6. The largest absolute Gasteiger partial charge is 0.497 e. The highest BCUT2D eigenvalue weighted by Crippen LogP contribution is 2.23. The van der Waals surface area contributed by atoms with Gasteiger partial charge in [0, 0.05) is 12.3 Å². The molecule has 24 heavy (non-hydrogen) atoms. The number of rotatable bonds is 5. The molecule has 0 heterocycles. The van der Waals surface area contributed by atoms with Crippen LogP contribution in [0.25, 0.3) is 12.2 Å². The molecule has 0 bridgehead atoms. The molecule has 2 aromatic rings. The van der Waals surface area contributed by atoms with Gasteiger partial charge in [-0.2, -0.15) is 0 Å². The third kappa shape index (κ3) is 5.58. The predicted molar refractivity (Wildman–Crippen MR) is 102 cm³/mol. The van der Waals surface area contributed by atoms with Crippen molar-refractivity contribution in [2.75, 3.05) is 14.2 Å². The Balaban J connectivity index is 2.13. The highest BCUT2D eigenvalue weighted by molar-refractivity contribution is 5.81. The Kier molecular flexibility index (Phi) is 5.80. The second-order valence-electron chi connectivity index (χ2n) is 6.58. The van der Waals surface area contributed by atoms with Crippen molar-refractivity contribution in [3.8, 4) is 11.5 Å². The molecular formula is C21H25NO2. The van der Waals surface area contributed by atoms with Crippen LogP contribution in [0.4, 0.5) is 0 Å². The lowest BCUT2D eigenvalue weighted by atomic mass is 10.1. The topological polar surface area (TPSA) is 30.8 Å². The highest BCUT2D eigenvalue weighted by Gasteiger charge is 2.04. The van der Waals surface area contributed by atoms with Crippen LogP contribution in [0, 0.1) is 0 Å². The first kappa shape index (κ1) is 17.8. The van der Waals surface area contributed by atoms with E-state index in [4.69, 9.17) is 9.47 Å². The molecular weight excluding hydrogens is 298 g/mol. The van der Waals surface area contributed by atoms with E-state index >= 15 is 0 Å². The Labute approximate surface area is 144 Å². The first-order valence-electron chi connectivity index (χ1n) is 7.96. The summed E-state index contributed by atoms with van der Waals surface area (Å²) in [6.07, 6.45) is 6.03. The maximum absolute atomic E-state index is 5.29. The average molecular weight is 323 g/mol. The van der Waals surface area contributed by atoms with Gasteiger partial charge < -0.3 is 9.47 Å². The van der Waals surface area contributed by atoms with E-state index in [1.54, 1.807) is 14.2 Å². The molecule has 0 amide bonds. The number of ether oxygens (including phenoxy) is 2. The van der Waals surface area contributed by atoms with Gasteiger partial charge in [0.15, 0.2) is 0 Å². The first-order chi connectivity index (χ1) is 11.4. The summed E-state index contributed by atoms with van der Waals surface area (Å²) in [7, 11) is 3.31. The molecule has 0 atom stereocenters. The van der Waals surface area contributed by atoms with E-state index in [9.17, 15) is 0 Å². The summed E-state index contributed by atoms with van der Waals surface area (Å²) >= 11 is 0. The summed E-state index contributed by atoms with van der Waals surface area (Å²) in [5.74, 6) is 1.56. The van der Waals surface area contributed by atoms with Crippen molar-refractivity contribution in [2.45, 2.75) is 26.3 Å². The van der Waals surface area contributed by atoms with Crippen molar-refractivity contribution in [2.24, 2.45) is 4.99 Å². The minimum absolute atomic E-state index is 0.0516. The van der Waals surface area contributed by atoms with Crippen LogP contribution in [0.3, 0.4) is 0 Å². The Morgan fingerprint density at radius 2 is 1.25 bits per heavy atom. The third-order valence-corrected chi connectivity index (χ3v) is 3.38. The van der Waals surface area contributed by atoms with Gasteiger partial charge in [-0.15, -0.1) is 0 Å². The van der Waals surface area contributed by atoms with Gasteiger partial charge in [-0.1, -0.05) is 36.4 Å². The van der Waals surface area contributed by atoms with Crippen molar-refractivity contribution in [3.63, 3.8) is 0 Å². The van der Waals surface area contributed by atoms with E-state index < -0.39 is 0 Å². The second kappa shape index (κ2) is 7.82. The zero-order valence-electron chi connectivity index (χ0n) is 15.0. The zero-order valence-corrected chi connectivity index (χ0v) is 15.0. The summed E-state index contributed by atoms with van der Waals surface area (Å²) in [6.45, 7) is 6.26. The average Bonchev–Trinajstić information content (AvgIpc) is 2.58. The number of benzene rings is 2. The predicted octanol–water partition coefficient (Wildman–Crippen LogP) is 5.09. The Hall–Kier alpha value is -2.55. The third-order valence-electron chi connectivity index (χ3n) is 3.38. The van der Waals surface area contributed by atoms with E-state index in [-0.39, 0.29) is 5.54 Å². The normalized spacial score (nSPS) is 12.0. The van der Waals surface area contributed by atoms with Crippen LogP contribution >= 0.6 is 0 Å². The smallest absolute Gasteiger partial charge is 0.123 e. The summed E-state index contributed by atoms with van der Waals surface area (Å²) in [6, 6.07) is 14.1. The molecule has 2 aromatic carbocycles. The van der Waals surface area contributed by atoms with Crippen LogP contribution in [0.15, 0.2) is 47.5 Å². The number of methoxy groups -OCH3 is 2. The molecule has 0 N–H and O–H groups in total. The van der Waals surface area contributed by atoms with Gasteiger partial charge >= 0.3 is 0 Å². The van der Waals surface area contributed by atoms with Crippen LogP contribution in [0.2, 0.25) is 0 Å². The first-order valence-corrected chi connectivity index (χ1v) is 7.96. The summed E-state index contributed by atoms with van der Waals surface area (Å²) < 4.78 is 10.6. The molecule has 0 aliphatic heterocycles. The van der Waals surface area contributed by atoms with Crippen LogP contribution in [-0.2, 0) is 0 Å². The molecule has 0 fully saturated rings. The fourth-order valence-corrected chi connectivity index (χ4v) is 2.08. The number of hydrogen-bond donors (Lipinski definition) is 0.